The molecule has 226 valence electrons. The summed E-state index contributed by atoms with van der Waals surface area (Å²) in [5.41, 5.74) is 7.94. The Bertz CT molecular complexity index is 1970. The third-order valence-electron chi connectivity index (χ3n) is 7.33. The minimum absolute atomic E-state index is 0.0879. The maximum atomic E-state index is 15.4. The zero-order valence-electron chi connectivity index (χ0n) is 23.6. The summed E-state index contributed by atoms with van der Waals surface area (Å²) in [5, 5.41) is 7.96. The highest BCUT2D eigenvalue weighted by molar-refractivity contribution is 6.33. The molecule has 2 amide bonds. The van der Waals surface area contributed by atoms with Crippen LogP contribution in [0.15, 0.2) is 73.2 Å². The van der Waals surface area contributed by atoms with Crippen molar-refractivity contribution in [2.45, 2.75) is 31.7 Å². The van der Waals surface area contributed by atoms with Crippen LogP contribution < -0.4 is 11.1 Å². The van der Waals surface area contributed by atoms with Gasteiger partial charge >= 0.3 is 0 Å². The Kier molecular flexibility index (Phi) is 8.46. The summed E-state index contributed by atoms with van der Waals surface area (Å²) in [7, 11) is 0. The molecular formula is C32H25ClF2N8O2. The molecule has 1 saturated heterocycles. The molecule has 0 bridgehead atoms. The number of benzene rings is 2. The summed E-state index contributed by atoms with van der Waals surface area (Å²) >= 11 is 6.19. The van der Waals surface area contributed by atoms with E-state index in [9.17, 15) is 14.0 Å². The second-order valence-corrected chi connectivity index (χ2v) is 10.7. The van der Waals surface area contributed by atoms with Crippen LogP contribution in [0, 0.1) is 17.7 Å². The number of aromatic nitrogens is 5. The lowest BCUT2D eigenvalue weighted by atomic mass is 10.1. The van der Waals surface area contributed by atoms with Gasteiger partial charge in [0.15, 0.2) is 5.82 Å². The zero-order valence-corrected chi connectivity index (χ0v) is 24.4. The molecule has 0 spiro atoms. The molecule has 5 aromatic rings. The number of likely N-dealkylation sites (tertiary alicyclic amines) is 1. The fourth-order valence-corrected chi connectivity index (χ4v) is 5.45. The Morgan fingerprint density at radius 1 is 1.04 bits per heavy atom. The zero-order chi connectivity index (χ0) is 31.5. The van der Waals surface area contributed by atoms with Gasteiger partial charge in [0.2, 0.25) is 17.6 Å². The van der Waals surface area contributed by atoms with E-state index in [0.717, 1.165) is 4.90 Å². The average molecular weight is 627 g/mol. The maximum Gasteiger partial charge on any atom is 0.247 e. The predicted octanol–water partition coefficient (Wildman–Crippen LogP) is 4.12. The summed E-state index contributed by atoms with van der Waals surface area (Å²) in [6.45, 7) is -0.447. The van der Waals surface area contributed by atoms with Gasteiger partial charge < -0.3 is 16.0 Å². The van der Waals surface area contributed by atoms with Crippen molar-refractivity contribution >= 4 is 40.0 Å². The van der Waals surface area contributed by atoms with E-state index in [1.165, 1.54) is 23.0 Å². The number of halogens is 3. The minimum atomic E-state index is -1.43. The molecule has 2 atom stereocenters. The number of anilines is 1. The van der Waals surface area contributed by atoms with Gasteiger partial charge in [-0.25, -0.2) is 18.7 Å². The standard InChI is InChI=1S/C32H25ClF2N8O2/c33-23-5-2-11-39-31(23)21-4-1-6-24(30(21)35)40-32(45)27-15-20(34)17-42(27)29(44)18-43-26-9-7-19(14-22(26)25(16-36)41-43)8-10-28-37-12-3-13-38-28/h1-7,9,11-14,20,27H,15-18,36H2,(H,40,45)/t20-,27+/m1/s1. The predicted molar refractivity (Wildman–Crippen MR) is 164 cm³/mol. The Morgan fingerprint density at radius 2 is 1.84 bits per heavy atom. The van der Waals surface area contributed by atoms with Gasteiger partial charge in [-0.2, -0.15) is 5.10 Å². The second-order valence-electron chi connectivity index (χ2n) is 10.2. The third-order valence-corrected chi connectivity index (χ3v) is 7.64. The number of pyridine rings is 1. The van der Waals surface area contributed by atoms with Crippen molar-refractivity contribution in [3.63, 3.8) is 0 Å². The fraction of sp³-hybridized carbons (Fsp3) is 0.188. The van der Waals surface area contributed by atoms with Gasteiger partial charge in [-0.1, -0.05) is 23.6 Å². The molecule has 4 heterocycles. The fourth-order valence-electron chi connectivity index (χ4n) is 5.23. The first-order valence-corrected chi connectivity index (χ1v) is 14.3. The van der Waals surface area contributed by atoms with Gasteiger partial charge in [0.1, 0.15) is 18.8 Å². The summed E-state index contributed by atoms with van der Waals surface area (Å²) in [5.74, 6) is 4.29. The van der Waals surface area contributed by atoms with Gasteiger partial charge in [-0.05, 0) is 54.5 Å². The highest BCUT2D eigenvalue weighted by atomic mass is 35.5. The van der Waals surface area contributed by atoms with E-state index in [2.05, 4.69) is 37.2 Å². The smallest absolute Gasteiger partial charge is 0.247 e. The molecule has 45 heavy (non-hydrogen) atoms. The van der Waals surface area contributed by atoms with E-state index < -0.39 is 29.8 Å². The summed E-state index contributed by atoms with van der Waals surface area (Å²) in [4.78, 5) is 40.3. The van der Waals surface area contributed by atoms with E-state index in [-0.39, 0.29) is 48.0 Å². The van der Waals surface area contributed by atoms with Crippen LogP contribution in [0.4, 0.5) is 14.5 Å². The molecule has 0 saturated carbocycles. The molecule has 0 unspecified atom stereocenters. The Morgan fingerprint density at radius 3 is 2.62 bits per heavy atom. The normalized spacial score (nSPS) is 16.0. The molecule has 3 N–H and O–H groups in total. The number of hydrogen-bond donors (Lipinski definition) is 2. The van der Waals surface area contributed by atoms with Crippen LogP contribution in [-0.4, -0.2) is 60.2 Å². The van der Waals surface area contributed by atoms with Gasteiger partial charge in [0.25, 0.3) is 0 Å². The SMILES string of the molecule is NCc1nn(CC(=O)N2C[C@H](F)C[C@H]2C(=O)Nc2cccc(-c3ncccc3Cl)c2F)c2ccc(C#Cc3ncccn3)cc12. The summed E-state index contributed by atoms with van der Waals surface area (Å²) in [6.07, 6.45) is 3.01. The molecule has 6 rings (SSSR count). The number of rotatable bonds is 6. The maximum absolute atomic E-state index is 15.4. The molecule has 0 aliphatic carbocycles. The van der Waals surface area contributed by atoms with Crippen LogP contribution in [0.25, 0.3) is 22.2 Å². The van der Waals surface area contributed by atoms with Crippen LogP contribution >= 0.6 is 11.6 Å². The number of hydrogen-bond acceptors (Lipinski definition) is 7. The van der Waals surface area contributed by atoms with Crippen LogP contribution in [0.2, 0.25) is 5.02 Å². The third kappa shape index (κ3) is 6.22. The first-order chi connectivity index (χ1) is 21.8. The van der Waals surface area contributed by atoms with Crippen molar-refractivity contribution in [3.05, 3.63) is 101 Å². The second kappa shape index (κ2) is 12.8. The molecule has 0 radical (unpaired) electrons. The van der Waals surface area contributed by atoms with Crippen molar-refractivity contribution < 1.29 is 18.4 Å². The monoisotopic (exact) mass is 626 g/mol. The molecule has 1 aliphatic rings. The Labute approximate surface area is 261 Å². The number of nitrogens with one attached hydrogen (secondary N) is 1. The van der Waals surface area contributed by atoms with E-state index >= 15 is 4.39 Å². The van der Waals surface area contributed by atoms with Gasteiger partial charge in [-0.15, -0.1) is 0 Å². The number of carbonyl (C=O) groups excluding carboxylic acids is 2. The number of alkyl halides is 1. The molecule has 10 nitrogen and oxygen atoms in total. The topological polar surface area (TPSA) is 132 Å². The molecule has 3 aromatic heterocycles. The van der Waals surface area contributed by atoms with Crippen LogP contribution in [0.5, 0.6) is 0 Å². The van der Waals surface area contributed by atoms with Crippen LogP contribution in [0.3, 0.4) is 0 Å². The highest BCUT2D eigenvalue weighted by Crippen LogP contribution is 2.32. The van der Waals surface area contributed by atoms with Crippen molar-refractivity contribution in [2.24, 2.45) is 5.73 Å². The highest BCUT2D eigenvalue weighted by Gasteiger charge is 2.40. The van der Waals surface area contributed by atoms with Crippen molar-refractivity contribution in [1.29, 1.82) is 0 Å². The first kappa shape index (κ1) is 29.8. The van der Waals surface area contributed by atoms with Crippen LogP contribution in [-0.2, 0) is 22.7 Å². The lowest BCUT2D eigenvalue weighted by molar-refractivity contribution is -0.137. The largest absolute Gasteiger partial charge is 0.326 e. The molecular weight excluding hydrogens is 602 g/mol. The van der Waals surface area contributed by atoms with E-state index in [1.54, 1.807) is 48.8 Å². The average Bonchev–Trinajstić information content (AvgIpc) is 3.62. The number of carbonyl (C=O) groups is 2. The number of amides is 2. The number of fused-ring (bicyclic) bond motifs is 1. The summed E-state index contributed by atoms with van der Waals surface area (Å²) < 4.78 is 31.6. The Hall–Kier alpha value is -5.25. The van der Waals surface area contributed by atoms with Crippen molar-refractivity contribution in [1.82, 2.24) is 29.6 Å². The molecule has 1 fully saturated rings. The van der Waals surface area contributed by atoms with E-state index in [4.69, 9.17) is 17.3 Å². The minimum Gasteiger partial charge on any atom is -0.326 e. The molecule has 13 heteroatoms. The lowest BCUT2D eigenvalue weighted by Crippen LogP contribution is -2.44. The van der Waals surface area contributed by atoms with Crippen LogP contribution in [0.1, 0.15) is 23.5 Å². The first-order valence-electron chi connectivity index (χ1n) is 13.9. The van der Waals surface area contributed by atoms with Crippen molar-refractivity contribution in [3.8, 4) is 23.1 Å². The quantitative estimate of drug-likeness (QED) is 0.271. The molecule has 1 aliphatic heterocycles. The van der Waals surface area contributed by atoms with Gasteiger partial charge in [0.05, 0.1) is 34.2 Å². The van der Waals surface area contributed by atoms with Gasteiger partial charge in [0, 0.05) is 48.1 Å². The van der Waals surface area contributed by atoms with E-state index in [0.29, 0.717) is 28.0 Å². The number of nitrogens with two attached hydrogens (primary N) is 1. The molecule has 2 aromatic carbocycles. The lowest BCUT2D eigenvalue weighted by Gasteiger charge is -2.24. The Balaban J connectivity index is 1.21. The summed E-state index contributed by atoms with van der Waals surface area (Å²) in [6, 6.07) is 13.5. The van der Waals surface area contributed by atoms with E-state index in [1.807, 2.05) is 6.07 Å². The van der Waals surface area contributed by atoms with Crippen molar-refractivity contribution in [2.75, 3.05) is 11.9 Å². The van der Waals surface area contributed by atoms with Gasteiger partial charge in [-0.3, -0.25) is 19.3 Å². The number of nitrogens with zero attached hydrogens (tertiary/aromatic N) is 6.